The number of aromatic nitrogens is 1. The zero-order valence-electron chi connectivity index (χ0n) is 9.72. The van der Waals surface area contributed by atoms with Crippen molar-refractivity contribution in [1.82, 2.24) is 10.3 Å². The molecule has 2 rings (SSSR count). The van der Waals surface area contributed by atoms with Crippen LogP contribution in [0.15, 0.2) is 11.7 Å². The maximum atomic E-state index is 9.25. The van der Waals surface area contributed by atoms with Crippen LogP contribution in [0.3, 0.4) is 0 Å². The highest BCUT2D eigenvalue weighted by Crippen LogP contribution is 2.31. The van der Waals surface area contributed by atoms with Gasteiger partial charge in [-0.3, -0.25) is 4.98 Å². The van der Waals surface area contributed by atoms with Gasteiger partial charge in [0.1, 0.15) is 0 Å². The topological polar surface area (TPSA) is 45.1 Å². The molecule has 1 aromatic heterocycles. The van der Waals surface area contributed by atoms with E-state index in [2.05, 4.69) is 17.2 Å². The zero-order chi connectivity index (χ0) is 11.4. The predicted molar refractivity (Wildman–Crippen MR) is 66.4 cm³/mol. The molecule has 0 amide bonds. The molecule has 2 N–H and O–H groups in total. The maximum absolute atomic E-state index is 9.25. The molecule has 16 heavy (non-hydrogen) atoms. The number of nitrogens with zero attached hydrogens (tertiary/aromatic N) is 1. The van der Waals surface area contributed by atoms with Gasteiger partial charge < -0.3 is 10.4 Å². The molecule has 1 aromatic rings. The molecule has 0 bridgehead atoms. The van der Waals surface area contributed by atoms with Crippen molar-refractivity contribution in [3.8, 4) is 0 Å². The second-order valence-corrected chi connectivity index (χ2v) is 5.59. The van der Waals surface area contributed by atoms with Crippen molar-refractivity contribution in [3.05, 3.63) is 16.6 Å². The highest BCUT2D eigenvalue weighted by Gasteiger charge is 2.26. The van der Waals surface area contributed by atoms with Crippen LogP contribution in [-0.4, -0.2) is 23.2 Å². The zero-order valence-corrected chi connectivity index (χ0v) is 10.5. The minimum absolute atomic E-state index is 0.348. The molecule has 0 saturated heterocycles. The lowest BCUT2D eigenvalue weighted by Gasteiger charge is -2.20. The molecular formula is C12H20N2OS. The Kier molecular flexibility index (Phi) is 4.32. The van der Waals surface area contributed by atoms with Crippen LogP contribution in [0, 0.1) is 11.8 Å². The molecule has 0 spiro atoms. The van der Waals surface area contributed by atoms with Crippen molar-refractivity contribution >= 4 is 11.3 Å². The fourth-order valence-electron chi connectivity index (χ4n) is 2.49. The Morgan fingerprint density at radius 1 is 1.56 bits per heavy atom. The predicted octanol–water partition coefficient (Wildman–Crippen LogP) is 2.20. The molecule has 0 aliphatic heterocycles. The van der Waals surface area contributed by atoms with Gasteiger partial charge in [0.25, 0.3) is 0 Å². The molecule has 3 nitrogen and oxygen atoms in total. The summed E-state index contributed by atoms with van der Waals surface area (Å²) in [5, 5.41) is 12.8. The van der Waals surface area contributed by atoms with Crippen molar-refractivity contribution < 1.29 is 5.11 Å². The maximum Gasteiger partial charge on any atom is 0.0794 e. The third-order valence-electron chi connectivity index (χ3n) is 3.62. The summed E-state index contributed by atoms with van der Waals surface area (Å²) < 4.78 is 0. The fraction of sp³-hybridized carbons (Fsp3) is 0.750. The first kappa shape index (κ1) is 12.0. The largest absolute Gasteiger partial charge is 0.396 e. The Labute approximate surface area is 101 Å². The van der Waals surface area contributed by atoms with E-state index in [0.717, 1.165) is 6.54 Å². The number of hydrogen-bond acceptors (Lipinski definition) is 4. The van der Waals surface area contributed by atoms with E-state index < -0.39 is 0 Å². The molecular weight excluding hydrogens is 220 g/mol. The van der Waals surface area contributed by atoms with Crippen LogP contribution in [-0.2, 0) is 0 Å². The van der Waals surface area contributed by atoms with Crippen LogP contribution >= 0.6 is 11.3 Å². The van der Waals surface area contributed by atoms with Crippen molar-refractivity contribution in [2.45, 2.75) is 32.2 Å². The normalized spacial score (nSPS) is 27.1. The molecule has 4 heteroatoms. The summed E-state index contributed by atoms with van der Waals surface area (Å²) >= 11 is 1.70. The number of rotatable bonds is 5. The van der Waals surface area contributed by atoms with Crippen LogP contribution in [0.4, 0.5) is 0 Å². The number of thiazole rings is 1. The fourth-order valence-corrected chi connectivity index (χ4v) is 3.14. The Hall–Kier alpha value is -0.450. The lowest BCUT2D eigenvalue weighted by molar-refractivity contribution is 0.191. The van der Waals surface area contributed by atoms with Gasteiger partial charge in [0.05, 0.1) is 5.51 Å². The summed E-state index contributed by atoms with van der Waals surface area (Å²) in [4.78, 5) is 5.38. The summed E-state index contributed by atoms with van der Waals surface area (Å²) in [5.41, 5.74) is 1.87. The number of nitrogens with one attached hydrogen (secondary N) is 1. The van der Waals surface area contributed by atoms with Crippen molar-refractivity contribution in [3.63, 3.8) is 0 Å². The van der Waals surface area contributed by atoms with E-state index in [1.807, 2.05) is 11.7 Å². The van der Waals surface area contributed by atoms with Gasteiger partial charge in [-0.25, -0.2) is 0 Å². The molecule has 90 valence electrons. The van der Waals surface area contributed by atoms with E-state index in [4.69, 9.17) is 0 Å². The molecule has 1 aliphatic rings. The third-order valence-corrected chi connectivity index (χ3v) is 4.57. The lowest BCUT2D eigenvalue weighted by Crippen LogP contribution is -2.28. The number of hydrogen-bond donors (Lipinski definition) is 2. The molecule has 3 unspecified atom stereocenters. The van der Waals surface area contributed by atoms with E-state index >= 15 is 0 Å². The van der Waals surface area contributed by atoms with Gasteiger partial charge in [0, 0.05) is 23.7 Å². The Balaban J connectivity index is 1.78. The van der Waals surface area contributed by atoms with Gasteiger partial charge in [-0.1, -0.05) is 6.42 Å². The first-order chi connectivity index (χ1) is 7.81. The molecule has 0 radical (unpaired) electrons. The van der Waals surface area contributed by atoms with E-state index in [0.29, 0.717) is 24.5 Å². The van der Waals surface area contributed by atoms with Gasteiger partial charge in [0.2, 0.25) is 0 Å². The van der Waals surface area contributed by atoms with Gasteiger partial charge in [-0.15, -0.1) is 11.3 Å². The summed E-state index contributed by atoms with van der Waals surface area (Å²) in [6, 6.07) is 0.382. The highest BCUT2D eigenvalue weighted by molar-refractivity contribution is 7.09. The summed E-state index contributed by atoms with van der Waals surface area (Å²) in [7, 11) is 0. The first-order valence-corrected chi connectivity index (χ1v) is 6.92. The van der Waals surface area contributed by atoms with Crippen molar-refractivity contribution in [2.75, 3.05) is 13.2 Å². The third kappa shape index (κ3) is 2.81. The number of aliphatic hydroxyl groups excluding tert-OH is 1. The standard InChI is InChI=1S/C12H20N2OS/c1-9(12-6-13-8-16-12)14-5-10-3-2-4-11(10)7-15/h6,8-11,14-15H,2-5,7H2,1H3. The second kappa shape index (κ2) is 5.75. The smallest absolute Gasteiger partial charge is 0.0794 e. The van der Waals surface area contributed by atoms with Crippen LogP contribution < -0.4 is 5.32 Å². The average Bonchev–Trinajstić information content (AvgIpc) is 2.96. The molecule has 3 atom stereocenters. The monoisotopic (exact) mass is 240 g/mol. The first-order valence-electron chi connectivity index (χ1n) is 6.04. The second-order valence-electron chi connectivity index (χ2n) is 4.67. The SMILES string of the molecule is CC(NCC1CCCC1CO)c1cncs1. The Morgan fingerprint density at radius 2 is 2.38 bits per heavy atom. The summed E-state index contributed by atoms with van der Waals surface area (Å²) in [6.45, 7) is 3.54. The van der Waals surface area contributed by atoms with Crippen LogP contribution in [0.5, 0.6) is 0 Å². The van der Waals surface area contributed by atoms with Gasteiger partial charge in [-0.05, 0) is 38.1 Å². The molecule has 1 saturated carbocycles. The number of aliphatic hydroxyl groups is 1. The molecule has 1 heterocycles. The van der Waals surface area contributed by atoms with E-state index in [-0.39, 0.29) is 0 Å². The van der Waals surface area contributed by atoms with E-state index in [1.165, 1.54) is 24.1 Å². The quantitative estimate of drug-likeness (QED) is 0.829. The lowest BCUT2D eigenvalue weighted by atomic mass is 9.97. The average molecular weight is 240 g/mol. The molecule has 0 aromatic carbocycles. The van der Waals surface area contributed by atoms with Crippen molar-refractivity contribution in [2.24, 2.45) is 11.8 Å². The Bertz CT molecular complexity index is 302. The van der Waals surface area contributed by atoms with E-state index in [9.17, 15) is 5.11 Å². The minimum atomic E-state index is 0.348. The Morgan fingerprint density at radius 3 is 3.06 bits per heavy atom. The van der Waals surface area contributed by atoms with Crippen LogP contribution in [0.1, 0.15) is 37.1 Å². The van der Waals surface area contributed by atoms with E-state index in [1.54, 1.807) is 11.3 Å². The van der Waals surface area contributed by atoms with Crippen molar-refractivity contribution in [1.29, 1.82) is 0 Å². The highest BCUT2D eigenvalue weighted by atomic mass is 32.1. The van der Waals surface area contributed by atoms with Gasteiger partial charge in [-0.2, -0.15) is 0 Å². The van der Waals surface area contributed by atoms with Gasteiger partial charge in [0.15, 0.2) is 0 Å². The van der Waals surface area contributed by atoms with Crippen LogP contribution in [0.2, 0.25) is 0 Å². The molecule has 1 aliphatic carbocycles. The summed E-state index contributed by atoms with van der Waals surface area (Å²) in [6.07, 6.45) is 5.65. The van der Waals surface area contributed by atoms with Gasteiger partial charge >= 0.3 is 0 Å². The molecule has 1 fully saturated rings. The minimum Gasteiger partial charge on any atom is -0.396 e. The summed E-state index contributed by atoms with van der Waals surface area (Å²) in [5.74, 6) is 1.17. The van der Waals surface area contributed by atoms with Crippen LogP contribution in [0.25, 0.3) is 0 Å².